The van der Waals surface area contributed by atoms with Crippen molar-refractivity contribution >= 4 is 11.6 Å². The number of rotatable bonds is 6. The Morgan fingerprint density at radius 1 is 1.56 bits per heavy atom. The number of halogens is 1. The van der Waals surface area contributed by atoms with Crippen molar-refractivity contribution in [3.8, 4) is 0 Å². The maximum absolute atomic E-state index is 5.94. The Bertz CT molecular complexity index is 316. The van der Waals surface area contributed by atoms with Gasteiger partial charge in [0.25, 0.3) is 0 Å². The van der Waals surface area contributed by atoms with Crippen LogP contribution >= 0.6 is 11.6 Å². The Balaban J connectivity index is 2.54. The van der Waals surface area contributed by atoms with Crippen LogP contribution in [-0.4, -0.2) is 21.2 Å². The number of nitrogens with zero attached hydrogens (tertiary/aromatic N) is 2. The molecule has 0 aliphatic heterocycles. The molecule has 0 saturated heterocycles. The van der Waals surface area contributed by atoms with Gasteiger partial charge in [0.15, 0.2) is 0 Å². The molecular weight excluding hydrogens is 222 g/mol. The highest BCUT2D eigenvalue weighted by Crippen LogP contribution is 2.12. The molecule has 3 nitrogen and oxygen atoms in total. The third-order valence-corrected chi connectivity index (χ3v) is 3.55. The second-order valence-electron chi connectivity index (χ2n) is 4.78. The smallest absolute Gasteiger partial charge is 0.0762 e. The fraction of sp³-hybridized carbons (Fsp3) is 0.750. The number of hydrogen-bond donors (Lipinski definition) is 1. The van der Waals surface area contributed by atoms with Crippen LogP contribution in [0.1, 0.15) is 45.9 Å². The quantitative estimate of drug-likeness (QED) is 0.779. The summed E-state index contributed by atoms with van der Waals surface area (Å²) < 4.78 is 1.97. The first-order valence-electron chi connectivity index (χ1n) is 5.86. The van der Waals surface area contributed by atoms with E-state index >= 15 is 0 Å². The second-order valence-corrected chi connectivity index (χ2v) is 5.05. The van der Waals surface area contributed by atoms with Gasteiger partial charge in [0.1, 0.15) is 0 Å². The minimum atomic E-state index is 0.00314. The van der Waals surface area contributed by atoms with Gasteiger partial charge in [-0.15, -0.1) is 11.6 Å². The summed E-state index contributed by atoms with van der Waals surface area (Å²) in [4.78, 5) is 0. The molecule has 0 fully saturated rings. The Hall–Kier alpha value is -0.540. The van der Waals surface area contributed by atoms with Crippen LogP contribution in [0.4, 0.5) is 0 Å². The van der Waals surface area contributed by atoms with E-state index in [4.69, 9.17) is 11.6 Å². The number of alkyl halides is 1. The van der Waals surface area contributed by atoms with Crippen molar-refractivity contribution < 1.29 is 0 Å². The fourth-order valence-electron chi connectivity index (χ4n) is 1.33. The summed E-state index contributed by atoms with van der Waals surface area (Å²) >= 11 is 5.94. The first kappa shape index (κ1) is 13.5. The molecule has 1 heterocycles. The molecule has 16 heavy (non-hydrogen) atoms. The number of nitrogens with one attached hydrogen (secondary N) is 1. The van der Waals surface area contributed by atoms with Gasteiger partial charge < -0.3 is 5.32 Å². The molecule has 0 amide bonds. The van der Waals surface area contributed by atoms with E-state index < -0.39 is 0 Å². The average molecular weight is 244 g/mol. The van der Waals surface area contributed by atoms with Gasteiger partial charge in [-0.1, -0.05) is 6.92 Å². The zero-order chi connectivity index (χ0) is 12.2. The Labute approximate surface area is 103 Å². The van der Waals surface area contributed by atoms with Gasteiger partial charge in [0.05, 0.1) is 5.69 Å². The zero-order valence-corrected chi connectivity index (χ0v) is 11.4. The van der Waals surface area contributed by atoms with Crippen LogP contribution in [0.5, 0.6) is 0 Å². The van der Waals surface area contributed by atoms with E-state index in [9.17, 15) is 0 Å². The highest BCUT2D eigenvalue weighted by molar-refractivity contribution is 6.18. The first-order chi connectivity index (χ1) is 7.50. The van der Waals surface area contributed by atoms with E-state index in [-0.39, 0.29) is 5.54 Å². The van der Waals surface area contributed by atoms with Gasteiger partial charge in [0.2, 0.25) is 0 Å². The molecule has 0 saturated carbocycles. The standard InChI is InChI=1S/C12H22ClN3/c1-5-12(4,9-13)14-8-11-6-7-16(15-11)10(2)3/h6-7,10,14H,5,8-9H2,1-4H3. The summed E-state index contributed by atoms with van der Waals surface area (Å²) in [6.45, 7) is 9.30. The molecule has 4 heteroatoms. The molecule has 0 aliphatic carbocycles. The third kappa shape index (κ3) is 3.49. The van der Waals surface area contributed by atoms with E-state index in [1.165, 1.54) is 0 Å². The van der Waals surface area contributed by atoms with E-state index in [1.54, 1.807) is 0 Å². The largest absolute Gasteiger partial charge is 0.305 e. The van der Waals surface area contributed by atoms with Crippen molar-refractivity contribution in [3.63, 3.8) is 0 Å². The molecule has 1 rings (SSSR count). The van der Waals surface area contributed by atoms with Gasteiger partial charge in [0, 0.05) is 30.2 Å². The number of aromatic nitrogens is 2. The molecule has 1 aromatic heterocycles. The van der Waals surface area contributed by atoms with Crippen molar-refractivity contribution in [1.82, 2.24) is 15.1 Å². The minimum absolute atomic E-state index is 0.00314. The lowest BCUT2D eigenvalue weighted by atomic mass is 10.0. The molecule has 1 unspecified atom stereocenters. The monoisotopic (exact) mass is 243 g/mol. The van der Waals surface area contributed by atoms with Crippen molar-refractivity contribution in [2.45, 2.75) is 52.2 Å². The topological polar surface area (TPSA) is 29.9 Å². The normalized spacial score (nSPS) is 15.4. The van der Waals surface area contributed by atoms with Crippen molar-refractivity contribution in [3.05, 3.63) is 18.0 Å². The molecule has 92 valence electrons. The van der Waals surface area contributed by atoms with Crippen LogP contribution in [0.3, 0.4) is 0 Å². The number of hydrogen-bond acceptors (Lipinski definition) is 2. The van der Waals surface area contributed by atoms with E-state index in [2.05, 4.69) is 44.2 Å². The van der Waals surface area contributed by atoms with Crippen molar-refractivity contribution in [2.75, 3.05) is 5.88 Å². The fourth-order valence-corrected chi connectivity index (χ4v) is 1.61. The summed E-state index contributed by atoms with van der Waals surface area (Å²) in [6, 6.07) is 2.47. The summed E-state index contributed by atoms with van der Waals surface area (Å²) in [5.41, 5.74) is 1.07. The van der Waals surface area contributed by atoms with Crippen LogP contribution in [0.25, 0.3) is 0 Å². The van der Waals surface area contributed by atoms with Gasteiger partial charge in [-0.05, 0) is 33.3 Å². The molecule has 1 aromatic rings. The van der Waals surface area contributed by atoms with Crippen LogP contribution in [-0.2, 0) is 6.54 Å². The van der Waals surface area contributed by atoms with E-state index in [1.807, 2.05) is 10.9 Å². The maximum atomic E-state index is 5.94. The van der Waals surface area contributed by atoms with E-state index in [0.717, 1.165) is 18.7 Å². The predicted octanol–water partition coefficient (Wildman–Crippen LogP) is 2.96. The van der Waals surface area contributed by atoms with Gasteiger partial charge in [-0.2, -0.15) is 5.10 Å². The lowest BCUT2D eigenvalue weighted by Crippen LogP contribution is -2.43. The van der Waals surface area contributed by atoms with E-state index in [0.29, 0.717) is 11.9 Å². The van der Waals surface area contributed by atoms with Gasteiger partial charge >= 0.3 is 0 Å². The summed E-state index contributed by atoms with van der Waals surface area (Å²) in [7, 11) is 0. The maximum Gasteiger partial charge on any atom is 0.0762 e. The van der Waals surface area contributed by atoms with Crippen LogP contribution < -0.4 is 5.32 Å². The Morgan fingerprint density at radius 3 is 2.69 bits per heavy atom. The molecule has 1 atom stereocenters. The summed E-state index contributed by atoms with van der Waals surface area (Å²) in [5, 5.41) is 7.95. The first-order valence-corrected chi connectivity index (χ1v) is 6.39. The molecule has 0 bridgehead atoms. The third-order valence-electron chi connectivity index (χ3n) is 2.96. The minimum Gasteiger partial charge on any atom is -0.305 e. The molecular formula is C12H22ClN3. The highest BCUT2D eigenvalue weighted by atomic mass is 35.5. The second kappa shape index (κ2) is 5.69. The Morgan fingerprint density at radius 2 is 2.25 bits per heavy atom. The lowest BCUT2D eigenvalue weighted by molar-refractivity contribution is 0.375. The Kier molecular flexibility index (Phi) is 4.81. The van der Waals surface area contributed by atoms with Crippen LogP contribution in [0.15, 0.2) is 12.3 Å². The SMILES string of the molecule is CCC(C)(CCl)NCc1ccn(C(C)C)n1. The van der Waals surface area contributed by atoms with Gasteiger partial charge in [-0.3, -0.25) is 4.68 Å². The van der Waals surface area contributed by atoms with Gasteiger partial charge in [-0.25, -0.2) is 0 Å². The molecule has 0 radical (unpaired) electrons. The molecule has 0 aliphatic rings. The molecule has 0 aromatic carbocycles. The summed E-state index contributed by atoms with van der Waals surface area (Å²) in [5.74, 6) is 0.619. The van der Waals surface area contributed by atoms with Crippen molar-refractivity contribution in [1.29, 1.82) is 0 Å². The highest BCUT2D eigenvalue weighted by Gasteiger charge is 2.19. The predicted molar refractivity (Wildman–Crippen MR) is 68.9 cm³/mol. The van der Waals surface area contributed by atoms with Crippen molar-refractivity contribution in [2.24, 2.45) is 0 Å². The molecule has 0 spiro atoms. The van der Waals surface area contributed by atoms with Crippen LogP contribution in [0.2, 0.25) is 0 Å². The average Bonchev–Trinajstić information content (AvgIpc) is 2.75. The lowest BCUT2D eigenvalue weighted by Gasteiger charge is -2.26. The summed E-state index contributed by atoms with van der Waals surface area (Å²) in [6.07, 6.45) is 3.03. The van der Waals surface area contributed by atoms with Crippen LogP contribution in [0, 0.1) is 0 Å². The zero-order valence-electron chi connectivity index (χ0n) is 10.6. The molecule has 1 N–H and O–H groups in total.